The van der Waals surface area contributed by atoms with E-state index in [1.54, 1.807) is 41.8 Å². The minimum Gasteiger partial charge on any atom is -0.467 e. The highest BCUT2D eigenvalue weighted by Gasteiger charge is 2.19. The Morgan fingerprint density at radius 2 is 1.97 bits per heavy atom. The molecule has 6 heterocycles. The molecular formula is C26H23N7O3. The third kappa shape index (κ3) is 4.41. The summed E-state index contributed by atoms with van der Waals surface area (Å²) in [6, 6.07) is 13.0. The number of nitrogens with zero attached hydrogens (tertiary/aromatic N) is 6. The molecule has 36 heavy (non-hydrogen) atoms. The van der Waals surface area contributed by atoms with E-state index in [9.17, 15) is 4.79 Å². The van der Waals surface area contributed by atoms with E-state index in [1.165, 1.54) is 0 Å². The Bertz CT molecular complexity index is 1480. The van der Waals surface area contributed by atoms with Gasteiger partial charge in [-0.05, 0) is 42.5 Å². The topological polar surface area (TPSA) is 111 Å². The molecule has 1 aliphatic rings. The highest BCUT2D eigenvalue weighted by atomic mass is 16.5. The number of aromatic nitrogens is 5. The van der Waals surface area contributed by atoms with E-state index in [0.717, 1.165) is 30.1 Å². The Morgan fingerprint density at radius 1 is 1.06 bits per heavy atom. The van der Waals surface area contributed by atoms with Crippen LogP contribution in [0.25, 0.3) is 22.3 Å². The Kier molecular flexibility index (Phi) is 5.84. The molecule has 1 fully saturated rings. The molecule has 0 saturated carbocycles. The van der Waals surface area contributed by atoms with Crippen LogP contribution in [0.2, 0.25) is 0 Å². The van der Waals surface area contributed by atoms with Gasteiger partial charge in [0, 0.05) is 31.0 Å². The van der Waals surface area contributed by atoms with Crippen LogP contribution in [0.5, 0.6) is 0 Å². The van der Waals surface area contributed by atoms with E-state index in [0.29, 0.717) is 47.9 Å². The van der Waals surface area contributed by atoms with Gasteiger partial charge in [0.05, 0.1) is 54.2 Å². The summed E-state index contributed by atoms with van der Waals surface area (Å²) >= 11 is 0. The zero-order valence-corrected chi connectivity index (χ0v) is 19.4. The standard InChI is InChI=1S/C26H23N7O3/c34-26(31-24-6-5-19(15-28-24)32-8-11-35-12-9-32)21-13-23(18-3-1-7-27-14-18)30-25-22(21)16-29-33(25)17-20-4-2-10-36-20/h1-7,10,13-16H,8-9,11-12,17H2,(H,28,31,34). The number of hydrogen-bond acceptors (Lipinski definition) is 8. The molecule has 0 spiro atoms. The number of amides is 1. The normalized spacial score (nSPS) is 13.7. The maximum absolute atomic E-state index is 13.4. The minimum atomic E-state index is -0.295. The lowest BCUT2D eigenvalue weighted by molar-refractivity contribution is 0.102. The number of rotatable bonds is 6. The number of fused-ring (bicyclic) bond motifs is 1. The molecule has 0 aliphatic carbocycles. The first-order chi connectivity index (χ1) is 17.7. The van der Waals surface area contributed by atoms with E-state index in [-0.39, 0.29) is 5.91 Å². The maximum Gasteiger partial charge on any atom is 0.257 e. The molecule has 0 aromatic carbocycles. The third-order valence-electron chi connectivity index (χ3n) is 6.06. The highest BCUT2D eigenvalue weighted by molar-refractivity contribution is 6.12. The van der Waals surface area contributed by atoms with Crippen LogP contribution >= 0.6 is 0 Å². The Hall–Kier alpha value is -4.57. The van der Waals surface area contributed by atoms with Gasteiger partial charge < -0.3 is 19.4 Å². The molecule has 5 aromatic heterocycles. The molecule has 10 heteroatoms. The van der Waals surface area contributed by atoms with Crippen molar-refractivity contribution >= 4 is 28.4 Å². The van der Waals surface area contributed by atoms with E-state index in [1.807, 2.05) is 36.4 Å². The van der Waals surface area contributed by atoms with Gasteiger partial charge in [0.2, 0.25) is 0 Å². The van der Waals surface area contributed by atoms with Gasteiger partial charge in [-0.25, -0.2) is 14.6 Å². The molecule has 1 saturated heterocycles. The SMILES string of the molecule is O=C(Nc1ccc(N2CCOCC2)cn1)c1cc(-c2cccnc2)nc2c1cnn2Cc1ccco1. The summed E-state index contributed by atoms with van der Waals surface area (Å²) in [6.07, 6.45) is 8.46. The molecule has 1 amide bonds. The van der Waals surface area contributed by atoms with Gasteiger partial charge in [-0.1, -0.05) is 0 Å². The van der Waals surface area contributed by atoms with Crippen molar-refractivity contribution in [3.63, 3.8) is 0 Å². The number of hydrogen-bond donors (Lipinski definition) is 1. The van der Waals surface area contributed by atoms with Crippen LogP contribution in [-0.2, 0) is 11.3 Å². The van der Waals surface area contributed by atoms with E-state index < -0.39 is 0 Å². The third-order valence-corrected chi connectivity index (χ3v) is 6.06. The van der Waals surface area contributed by atoms with Crippen molar-refractivity contribution in [3.8, 4) is 11.3 Å². The van der Waals surface area contributed by atoms with Gasteiger partial charge >= 0.3 is 0 Å². The molecule has 180 valence electrons. The number of carbonyl (C=O) groups excluding carboxylic acids is 1. The van der Waals surface area contributed by atoms with E-state index in [4.69, 9.17) is 14.1 Å². The van der Waals surface area contributed by atoms with Gasteiger partial charge in [-0.2, -0.15) is 5.10 Å². The van der Waals surface area contributed by atoms with Crippen LogP contribution in [0, 0.1) is 0 Å². The number of carbonyl (C=O) groups is 1. The van der Waals surface area contributed by atoms with Crippen molar-refractivity contribution in [1.82, 2.24) is 24.7 Å². The van der Waals surface area contributed by atoms with Gasteiger partial charge in [0.25, 0.3) is 5.91 Å². The first-order valence-electron chi connectivity index (χ1n) is 11.6. The first kappa shape index (κ1) is 21.9. The van der Waals surface area contributed by atoms with Crippen molar-refractivity contribution in [2.75, 3.05) is 36.5 Å². The lowest BCUT2D eigenvalue weighted by Crippen LogP contribution is -2.36. The minimum absolute atomic E-state index is 0.295. The molecule has 0 bridgehead atoms. The summed E-state index contributed by atoms with van der Waals surface area (Å²) in [5.74, 6) is 0.911. The molecule has 0 atom stereocenters. The van der Waals surface area contributed by atoms with Crippen LogP contribution in [-0.4, -0.2) is 56.9 Å². The summed E-state index contributed by atoms with van der Waals surface area (Å²) in [5, 5.41) is 8.04. The number of morpholine rings is 1. The highest BCUT2D eigenvalue weighted by Crippen LogP contribution is 2.26. The molecular weight excluding hydrogens is 458 g/mol. The fourth-order valence-electron chi connectivity index (χ4n) is 4.22. The molecule has 5 aromatic rings. The molecule has 0 unspecified atom stereocenters. The Morgan fingerprint density at radius 3 is 2.72 bits per heavy atom. The molecule has 6 rings (SSSR count). The average Bonchev–Trinajstić information content (AvgIpc) is 3.60. The van der Waals surface area contributed by atoms with Crippen molar-refractivity contribution < 1.29 is 13.9 Å². The Balaban J connectivity index is 1.33. The smallest absolute Gasteiger partial charge is 0.257 e. The van der Waals surface area contributed by atoms with Crippen molar-refractivity contribution in [1.29, 1.82) is 0 Å². The van der Waals surface area contributed by atoms with Gasteiger partial charge in [0.1, 0.15) is 18.1 Å². The van der Waals surface area contributed by atoms with Crippen LogP contribution in [0.1, 0.15) is 16.1 Å². The van der Waals surface area contributed by atoms with Gasteiger partial charge in [-0.15, -0.1) is 0 Å². The average molecular weight is 482 g/mol. The largest absolute Gasteiger partial charge is 0.467 e. The zero-order chi connectivity index (χ0) is 24.3. The van der Waals surface area contributed by atoms with Gasteiger partial charge in [-0.3, -0.25) is 9.78 Å². The summed E-state index contributed by atoms with van der Waals surface area (Å²) < 4.78 is 12.6. The monoisotopic (exact) mass is 481 g/mol. The predicted molar refractivity (Wildman–Crippen MR) is 134 cm³/mol. The van der Waals surface area contributed by atoms with Gasteiger partial charge in [0.15, 0.2) is 5.65 Å². The van der Waals surface area contributed by atoms with Crippen LogP contribution in [0.15, 0.2) is 77.9 Å². The molecule has 1 N–H and O–H groups in total. The summed E-state index contributed by atoms with van der Waals surface area (Å²) in [4.78, 5) is 29.1. The number of ether oxygens (including phenoxy) is 1. The fourth-order valence-corrected chi connectivity index (χ4v) is 4.22. The zero-order valence-electron chi connectivity index (χ0n) is 19.4. The van der Waals surface area contributed by atoms with Crippen LogP contribution in [0.4, 0.5) is 11.5 Å². The summed E-state index contributed by atoms with van der Waals surface area (Å²) in [5.41, 5.74) is 3.45. The second-order valence-corrected chi connectivity index (χ2v) is 8.37. The van der Waals surface area contributed by atoms with E-state index in [2.05, 4.69) is 25.3 Å². The summed E-state index contributed by atoms with van der Waals surface area (Å²) in [6.45, 7) is 3.43. The predicted octanol–water partition coefficient (Wildman–Crippen LogP) is 3.62. The molecule has 10 nitrogen and oxygen atoms in total. The lowest BCUT2D eigenvalue weighted by atomic mass is 10.1. The van der Waals surface area contributed by atoms with Crippen molar-refractivity contribution in [2.45, 2.75) is 6.54 Å². The number of anilines is 2. The Labute approximate surface area is 206 Å². The van der Waals surface area contributed by atoms with Crippen molar-refractivity contribution in [3.05, 3.63) is 84.8 Å². The fraction of sp³-hybridized carbons (Fsp3) is 0.192. The van der Waals surface area contributed by atoms with E-state index >= 15 is 0 Å². The molecule has 0 radical (unpaired) electrons. The lowest BCUT2D eigenvalue weighted by Gasteiger charge is -2.28. The quantitative estimate of drug-likeness (QED) is 0.392. The second-order valence-electron chi connectivity index (χ2n) is 8.37. The maximum atomic E-state index is 13.4. The van der Waals surface area contributed by atoms with Crippen LogP contribution in [0.3, 0.4) is 0 Å². The number of furan rings is 1. The number of pyridine rings is 3. The second kappa shape index (κ2) is 9.59. The summed E-state index contributed by atoms with van der Waals surface area (Å²) in [7, 11) is 0. The van der Waals surface area contributed by atoms with Crippen LogP contribution < -0.4 is 10.2 Å². The first-order valence-corrected chi connectivity index (χ1v) is 11.6. The van der Waals surface area contributed by atoms with Crippen molar-refractivity contribution in [2.24, 2.45) is 0 Å². The number of nitrogens with one attached hydrogen (secondary N) is 1. The molecule has 1 aliphatic heterocycles.